The van der Waals surface area contributed by atoms with Crippen molar-refractivity contribution in [3.8, 4) is 0 Å². The van der Waals surface area contributed by atoms with Gasteiger partial charge in [-0.05, 0) is 55.7 Å². The number of H-pyrrole nitrogens is 1. The number of aromatic nitrogens is 2. The monoisotopic (exact) mass is 306 g/mol. The quantitative estimate of drug-likeness (QED) is 0.770. The molecule has 0 bridgehead atoms. The summed E-state index contributed by atoms with van der Waals surface area (Å²) in [4.78, 5) is 2.49. The highest BCUT2D eigenvalue weighted by Gasteiger charge is 2.20. The van der Waals surface area contributed by atoms with Crippen LogP contribution < -0.4 is 10.2 Å². The van der Waals surface area contributed by atoms with Crippen LogP contribution in [0.4, 0.5) is 11.4 Å². The van der Waals surface area contributed by atoms with Gasteiger partial charge in [0.25, 0.3) is 0 Å². The highest BCUT2D eigenvalue weighted by Crippen LogP contribution is 2.24. The van der Waals surface area contributed by atoms with Gasteiger partial charge in [0.05, 0.1) is 11.7 Å². The summed E-state index contributed by atoms with van der Waals surface area (Å²) in [6.07, 6.45) is 4.31. The molecular formula is C19H22N4. The standard InChI is InChI=1S/C19H22N4/c1-14-4-2-6-18(10-14)23-9-3-5-17(13-23)21-16-7-8-19-15(11-16)12-20-22-19/h2,4,6-8,10-12,17,21H,3,5,9,13H2,1H3,(H,20,22). The van der Waals surface area contributed by atoms with Crippen molar-refractivity contribution in [3.05, 3.63) is 54.2 Å². The summed E-state index contributed by atoms with van der Waals surface area (Å²) in [5, 5.41) is 11.9. The Hall–Kier alpha value is -2.49. The Kier molecular flexibility index (Phi) is 3.66. The van der Waals surface area contributed by atoms with Crippen molar-refractivity contribution >= 4 is 22.3 Å². The molecule has 0 radical (unpaired) electrons. The minimum Gasteiger partial charge on any atom is -0.381 e. The maximum absolute atomic E-state index is 4.09. The van der Waals surface area contributed by atoms with Crippen LogP contribution in [0.3, 0.4) is 0 Å². The summed E-state index contributed by atoms with van der Waals surface area (Å²) in [6.45, 7) is 4.35. The molecule has 1 aliphatic heterocycles. The number of benzene rings is 2. The first-order chi connectivity index (χ1) is 11.3. The Labute approximate surface area is 136 Å². The molecule has 0 aliphatic carbocycles. The van der Waals surface area contributed by atoms with Crippen LogP contribution in [-0.4, -0.2) is 29.3 Å². The summed E-state index contributed by atoms with van der Waals surface area (Å²) < 4.78 is 0. The smallest absolute Gasteiger partial charge is 0.0651 e. The van der Waals surface area contributed by atoms with Crippen LogP contribution >= 0.6 is 0 Å². The summed E-state index contributed by atoms with van der Waals surface area (Å²) in [5.41, 5.74) is 4.92. The zero-order valence-corrected chi connectivity index (χ0v) is 13.4. The van der Waals surface area contributed by atoms with Crippen LogP contribution in [0.15, 0.2) is 48.7 Å². The third kappa shape index (κ3) is 3.02. The lowest BCUT2D eigenvalue weighted by molar-refractivity contribution is 0.530. The second-order valence-electron chi connectivity index (χ2n) is 6.44. The largest absolute Gasteiger partial charge is 0.381 e. The molecule has 23 heavy (non-hydrogen) atoms. The average Bonchev–Trinajstić information content (AvgIpc) is 3.03. The first-order valence-corrected chi connectivity index (χ1v) is 8.29. The zero-order chi connectivity index (χ0) is 15.6. The van der Waals surface area contributed by atoms with E-state index in [2.05, 4.69) is 69.8 Å². The van der Waals surface area contributed by atoms with Gasteiger partial charge in [0.1, 0.15) is 0 Å². The number of hydrogen-bond acceptors (Lipinski definition) is 3. The average molecular weight is 306 g/mol. The number of fused-ring (bicyclic) bond motifs is 1. The third-order valence-electron chi connectivity index (χ3n) is 4.60. The fourth-order valence-corrected chi connectivity index (χ4v) is 3.42. The predicted octanol–water partition coefficient (Wildman–Crippen LogP) is 3.95. The Morgan fingerprint density at radius 3 is 3.09 bits per heavy atom. The Balaban J connectivity index is 1.48. The maximum atomic E-state index is 4.09. The number of aromatic amines is 1. The molecule has 4 rings (SSSR count). The van der Waals surface area contributed by atoms with E-state index in [0.717, 1.165) is 24.0 Å². The number of nitrogens with one attached hydrogen (secondary N) is 2. The number of anilines is 2. The lowest BCUT2D eigenvalue weighted by atomic mass is 10.0. The van der Waals surface area contributed by atoms with Gasteiger partial charge < -0.3 is 10.2 Å². The molecule has 2 N–H and O–H groups in total. The highest BCUT2D eigenvalue weighted by molar-refractivity contribution is 5.81. The Morgan fingerprint density at radius 1 is 1.22 bits per heavy atom. The molecule has 0 spiro atoms. The predicted molar refractivity (Wildman–Crippen MR) is 96.1 cm³/mol. The zero-order valence-electron chi connectivity index (χ0n) is 13.4. The summed E-state index contributed by atoms with van der Waals surface area (Å²) in [6, 6.07) is 15.7. The molecule has 4 heteroatoms. The molecule has 0 amide bonds. The number of rotatable bonds is 3. The summed E-state index contributed by atoms with van der Waals surface area (Å²) in [5.74, 6) is 0. The van der Waals surface area contributed by atoms with Gasteiger partial charge in [-0.25, -0.2) is 0 Å². The Morgan fingerprint density at radius 2 is 2.17 bits per heavy atom. The lowest BCUT2D eigenvalue weighted by Gasteiger charge is -2.35. The minimum absolute atomic E-state index is 0.480. The molecule has 1 aliphatic rings. The molecule has 1 saturated heterocycles. The SMILES string of the molecule is Cc1cccc(N2CCCC(Nc3ccc4[nH]ncc4c3)C2)c1. The second kappa shape index (κ2) is 5.95. The van der Waals surface area contributed by atoms with Crippen LogP contribution in [0.5, 0.6) is 0 Å². The van der Waals surface area contributed by atoms with E-state index >= 15 is 0 Å². The van der Waals surface area contributed by atoms with Crippen molar-refractivity contribution in [1.82, 2.24) is 10.2 Å². The highest BCUT2D eigenvalue weighted by atomic mass is 15.2. The maximum Gasteiger partial charge on any atom is 0.0651 e. The van der Waals surface area contributed by atoms with E-state index in [1.54, 1.807) is 0 Å². The van der Waals surface area contributed by atoms with Crippen molar-refractivity contribution in [2.45, 2.75) is 25.8 Å². The van der Waals surface area contributed by atoms with E-state index in [4.69, 9.17) is 0 Å². The first kappa shape index (κ1) is 14.1. The molecule has 1 fully saturated rings. The fourth-order valence-electron chi connectivity index (χ4n) is 3.42. The summed E-state index contributed by atoms with van der Waals surface area (Å²) in [7, 11) is 0. The second-order valence-corrected chi connectivity index (χ2v) is 6.44. The molecular weight excluding hydrogens is 284 g/mol. The number of nitrogens with zero attached hydrogens (tertiary/aromatic N) is 2. The van der Waals surface area contributed by atoms with E-state index in [-0.39, 0.29) is 0 Å². The van der Waals surface area contributed by atoms with Crippen LogP contribution in [0.2, 0.25) is 0 Å². The molecule has 0 saturated carbocycles. The van der Waals surface area contributed by atoms with Crippen LogP contribution in [0.25, 0.3) is 10.9 Å². The van der Waals surface area contributed by atoms with Crippen molar-refractivity contribution in [1.29, 1.82) is 0 Å². The van der Waals surface area contributed by atoms with Crippen molar-refractivity contribution in [2.24, 2.45) is 0 Å². The van der Waals surface area contributed by atoms with E-state index in [1.807, 2.05) is 6.20 Å². The normalized spacial score (nSPS) is 18.3. The number of piperidine rings is 1. The van der Waals surface area contributed by atoms with Gasteiger partial charge in [-0.15, -0.1) is 0 Å². The van der Waals surface area contributed by atoms with E-state index in [9.17, 15) is 0 Å². The molecule has 118 valence electrons. The van der Waals surface area contributed by atoms with Crippen LogP contribution in [0.1, 0.15) is 18.4 Å². The third-order valence-corrected chi connectivity index (χ3v) is 4.60. The van der Waals surface area contributed by atoms with Crippen LogP contribution in [0, 0.1) is 6.92 Å². The fraction of sp³-hybridized carbons (Fsp3) is 0.316. The summed E-state index contributed by atoms with van der Waals surface area (Å²) >= 11 is 0. The van der Waals surface area contributed by atoms with Gasteiger partial charge >= 0.3 is 0 Å². The molecule has 1 atom stereocenters. The molecule has 2 aromatic carbocycles. The van der Waals surface area contributed by atoms with Gasteiger partial charge in [0.15, 0.2) is 0 Å². The van der Waals surface area contributed by atoms with Gasteiger partial charge in [0.2, 0.25) is 0 Å². The van der Waals surface area contributed by atoms with Gasteiger partial charge in [0, 0.05) is 35.9 Å². The van der Waals surface area contributed by atoms with Crippen molar-refractivity contribution < 1.29 is 0 Å². The van der Waals surface area contributed by atoms with E-state index < -0.39 is 0 Å². The number of hydrogen-bond donors (Lipinski definition) is 2. The molecule has 3 aromatic rings. The van der Waals surface area contributed by atoms with E-state index in [1.165, 1.54) is 29.8 Å². The van der Waals surface area contributed by atoms with Gasteiger partial charge in [-0.3, -0.25) is 5.10 Å². The molecule has 1 unspecified atom stereocenters. The van der Waals surface area contributed by atoms with Crippen molar-refractivity contribution in [2.75, 3.05) is 23.3 Å². The molecule has 4 nitrogen and oxygen atoms in total. The van der Waals surface area contributed by atoms with E-state index in [0.29, 0.717) is 6.04 Å². The van der Waals surface area contributed by atoms with Gasteiger partial charge in [-0.1, -0.05) is 12.1 Å². The molecule has 2 heterocycles. The van der Waals surface area contributed by atoms with Crippen LogP contribution in [-0.2, 0) is 0 Å². The minimum atomic E-state index is 0.480. The number of aryl methyl sites for hydroxylation is 1. The lowest BCUT2D eigenvalue weighted by Crippen LogP contribution is -2.42. The topological polar surface area (TPSA) is 44.0 Å². The Bertz CT molecular complexity index is 808. The molecule has 1 aromatic heterocycles. The van der Waals surface area contributed by atoms with Crippen molar-refractivity contribution in [3.63, 3.8) is 0 Å². The first-order valence-electron chi connectivity index (χ1n) is 8.29. The van der Waals surface area contributed by atoms with Gasteiger partial charge in [-0.2, -0.15) is 5.10 Å².